The maximum atomic E-state index is 14.6. The number of fused-ring (bicyclic) bond motifs is 5. The number of anilines is 1. The van der Waals surface area contributed by atoms with Gasteiger partial charge in [0.05, 0.1) is 28.4 Å². The molecule has 4 nitrogen and oxygen atoms in total. The molecular formula is C31H26ClNO3. The normalized spacial score (nSPS) is 28.9. The first kappa shape index (κ1) is 22.9. The molecule has 1 aliphatic heterocycles. The first-order valence-electron chi connectivity index (χ1n) is 12.4. The minimum Gasteiger partial charge on any atom is -0.298 e. The van der Waals surface area contributed by atoms with Crippen LogP contribution >= 0.6 is 11.6 Å². The van der Waals surface area contributed by atoms with E-state index in [0.29, 0.717) is 23.6 Å². The first-order chi connectivity index (χ1) is 17.4. The highest BCUT2D eigenvalue weighted by Crippen LogP contribution is 2.74. The molecule has 1 saturated heterocycles. The van der Waals surface area contributed by atoms with Gasteiger partial charge in [0.15, 0.2) is 5.78 Å². The number of amides is 2. The van der Waals surface area contributed by atoms with Crippen LogP contribution in [0.15, 0.2) is 84.9 Å². The summed E-state index contributed by atoms with van der Waals surface area (Å²) >= 11 is 6.23. The van der Waals surface area contributed by atoms with Crippen molar-refractivity contribution in [2.24, 2.45) is 22.7 Å². The van der Waals surface area contributed by atoms with Crippen LogP contribution in [0.25, 0.3) is 11.1 Å². The molecule has 1 saturated carbocycles. The molecule has 0 spiro atoms. The number of carbonyl (C=O) groups is 3. The van der Waals surface area contributed by atoms with Crippen LogP contribution in [0.1, 0.15) is 37.8 Å². The summed E-state index contributed by atoms with van der Waals surface area (Å²) in [6.45, 7) is 3.92. The number of halogens is 1. The fourth-order valence-corrected chi connectivity index (χ4v) is 7.41. The average Bonchev–Trinajstić information content (AvgIpc) is 3.35. The fraction of sp³-hybridized carbons (Fsp3) is 0.258. The molecular weight excluding hydrogens is 470 g/mol. The molecule has 0 unspecified atom stereocenters. The van der Waals surface area contributed by atoms with Crippen LogP contribution in [0.3, 0.4) is 0 Å². The zero-order valence-electron chi connectivity index (χ0n) is 20.2. The number of hydrogen-bond acceptors (Lipinski definition) is 3. The van der Waals surface area contributed by atoms with Gasteiger partial charge in [0.2, 0.25) is 11.8 Å². The number of carbonyl (C=O) groups excluding carboxylic acids is 3. The standard InChI is InChI=1S/C31H26ClNO3/c1-3-17-31-24(20-13-8-5-9-14-20)23(19-11-6-4-7-12-19)30(2,29(31)36)25-26(31)28(35)33(27(25)34)22-16-10-15-21(32)18-22/h4-16,18,25-26H,3,17H2,1-2H3/t25-,26-,30-,31+/m0/s1. The van der Waals surface area contributed by atoms with Gasteiger partial charge in [0, 0.05) is 5.02 Å². The zero-order chi connectivity index (χ0) is 25.2. The van der Waals surface area contributed by atoms with Gasteiger partial charge in [-0.15, -0.1) is 0 Å². The van der Waals surface area contributed by atoms with E-state index in [-0.39, 0.29) is 17.6 Å². The summed E-state index contributed by atoms with van der Waals surface area (Å²) < 4.78 is 0. The van der Waals surface area contributed by atoms with Gasteiger partial charge in [-0.3, -0.25) is 14.4 Å². The van der Waals surface area contributed by atoms with Crippen molar-refractivity contribution >= 4 is 46.0 Å². The Kier molecular flexibility index (Phi) is 5.10. The lowest BCUT2D eigenvalue weighted by molar-refractivity contribution is -0.134. The lowest BCUT2D eigenvalue weighted by Gasteiger charge is -2.37. The number of imide groups is 1. The molecule has 180 valence electrons. The lowest BCUT2D eigenvalue weighted by atomic mass is 9.61. The molecule has 2 aliphatic carbocycles. The Hall–Kier alpha value is -3.50. The molecule has 0 N–H and O–H groups in total. The smallest absolute Gasteiger partial charge is 0.239 e. The minimum absolute atomic E-state index is 0.00278. The number of ketones is 1. The Labute approximate surface area is 215 Å². The van der Waals surface area contributed by atoms with E-state index >= 15 is 0 Å². The predicted octanol–water partition coefficient (Wildman–Crippen LogP) is 6.45. The highest BCUT2D eigenvalue weighted by molar-refractivity contribution is 6.35. The van der Waals surface area contributed by atoms with E-state index in [4.69, 9.17) is 11.6 Å². The average molecular weight is 496 g/mol. The van der Waals surface area contributed by atoms with Crippen molar-refractivity contribution < 1.29 is 14.4 Å². The topological polar surface area (TPSA) is 54.5 Å². The summed E-state index contributed by atoms with van der Waals surface area (Å²) in [4.78, 5) is 44.1. The second kappa shape index (κ2) is 8.01. The van der Waals surface area contributed by atoms with E-state index in [1.54, 1.807) is 24.3 Å². The number of hydrogen-bond donors (Lipinski definition) is 0. The van der Waals surface area contributed by atoms with Gasteiger partial charge in [0.25, 0.3) is 0 Å². The van der Waals surface area contributed by atoms with Crippen molar-refractivity contribution in [1.82, 2.24) is 0 Å². The summed E-state index contributed by atoms with van der Waals surface area (Å²) in [6.07, 6.45) is 1.22. The number of Topliss-reactive ketones (excluding diaryl/α,β-unsaturated/α-hetero) is 1. The third kappa shape index (κ3) is 2.74. The Bertz CT molecular complexity index is 1450. The summed E-state index contributed by atoms with van der Waals surface area (Å²) in [6, 6.07) is 26.6. The van der Waals surface area contributed by atoms with Gasteiger partial charge in [-0.05, 0) is 53.8 Å². The summed E-state index contributed by atoms with van der Waals surface area (Å²) in [5.74, 6) is -2.13. The molecule has 4 atom stereocenters. The van der Waals surface area contributed by atoms with Crippen LogP contribution in [0, 0.1) is 22.7 Å². The van der Waals surface area contributed by atoms with E-state index in [0.717, 1.165) is 22.3 Å². The third-order valence-electron chi connectivity index (χ3n) is 8.39. The van der Waals surface area contributed by atoms with Gasteiger partial charge >= 0.3 is 0 Å². The van der Waals surface area contributed by atoms with Crippen molar-refractivity contribution in [3.05, 3.63) is 101 Å². The molecule has 1 heterocycles. The summed E-state index contributed by atoms with van der Waals surface area (Å²) in [7, 11) is 0. The molecule has 3 aromatic carbocycles. The van der Waals surface area contributed by atoms with Crippen molar-refractivity contribution in [3.8, 4) is 0 Å². The molecule has 36 heavy (non-hydrogen) atoms. The lowest BCUT2D eigenvalue weighted by Crippen LogP contribution is -2.41. The highest BCUT2D eigenvalue weighted by atomic mass is 35.5. The molecule has 3 aromatic rings. The van der Waals surface area contributed by atoms with E-state index in [2.05, 4.69) is 0 Å². The van der Waals surface area contributed by atoms with Gasteiger partial charge < -0.3 is 0 Å². The molecule has 0 radical (unpaired) electrons. The zero-order valence-corrected chi connectivity index (χ0v) is 21.0. The third-order valence-corrected chi connectivity index (χ3v) is 8.62. The van der Waals surface area contributed by atoms with Gasteiger partial charge in [-0.1, -0.05) is 91.7 Å². The van der Waals surface area contributed by atoms with Crippen LogP contribution in [0.2, 0.25) is 5.02 Å². The van der Waals surface area contributed by atoms with Crippen LogP contribution in [0.4, 0.5) is 5.69 Å². The molecule has 2 bridgehead atoms. The molecule has 3 aliphatic rings. The van der Waals surface area contributed by atoms with Crippen LogP contribution in [-0.4, -0.2) is 17.6 Å². The largest absolute Gasteiger partial charge is 0.298 e. The van der Waals surface area contributed by atoms with E-state index in [1.165, 1.54) is 4.90 Å². The van der Waals surface area contributed by atoms with Crippen LogP contribution < -0.4 is 4.90 Å². The minimum atomic E-state index is -1.12. The van der Waals surface area contributed by atoms with Crippen LogP contribution in [-0.2, 0) is 14.4 Å². The maximum Gasteiger partial charge on any atom is 0.239 e. The number of allylic oxidation sites excluding steroid dienone is 2. The fourth-order valence-electron chi connectivity index (χ4n) is 7.23. The monoisotopic (exact) mass is 495 g/mol. The number of benzene rings is 3. The van der Waals surface area contributed by atoms with E-state index in [9.17, 15) is 14.4 Å². The van der Waals surface area contributed by atoms with Crippen molar-refractivity contribution in [2.45, 2.75) is 26.7 Å². The number of rotatable bonds is 5. The maximum absolute atomic E-state index is 14.6. The number of nitrogens with zero attached hydrogens (tertiary/aromatic N) is 1. The van der Waals surface area contributed by atoms with Gasteiger partial charge in [-0.25, -0.2) is 4.90 Å². The van der Waals surface area contributed by atoms with E-state index in [1.807, 2.05) is 74.5 Å². The van der Waals surface area contributed by atoms with Crippen molar-refractivity contribution in [3.63, 3.8) is 0 Å². The van der Waals surface area contributed by atoms with Crippen molar-refractivity contribution in [2.75, 3.05) is 4.90 Å². The summed E-state index contributed by atoms with van der Waals surface area (Å²) in [5, 5.41) is 0.451. The second-order valence-electron chi connectivity index (χ2n) is 10.2. The first-order valence-corrected chi connectivity index (χ1v) is 12.8. The molecule has 5 heteroatoms. The van der Waals surface area contributed by atoms with E-state index < -0.39 is 22.7 Å². The quantitative estimate of drug-likeness (QED) is 0.382. The van der Waals surface area contributed by atoms with Gasteiger partial charge in [-0.2, -0.15) is 0 Å². The SMILES string of the molecule is CCC[C@@]12C(=O)[C@@](C)(C(c3ccccc3)=C1c1ccccc1)[C@@H]1C(=O)N(c3cccc(Cl)c3)C(=O)[C@H]12. The molecule has 2 fully saturated rings. The Morgan fingerprint density at radius 1 is 0.778 bits per heavy atom. The Balaban J connectivity index is 1.66. The molecule has 6 rings (SSSR count). The van der Waals surface area contributed by atoms with Crippen molar-refractivity contribution in [1.29, 1.82) is 0 Å². The predicted molar refractivity (Wildman–Crippen MR) is 141 cm³/mol. The Morgan fingerprint density at radius 2 is 1.36 bits per heavy atom. The van der Waals surface area contributed by atoms with Gasteiger partial charge in [0.1, 0.15) is 0 Å². The van der Waals surface area contributed by atoms with Crippen LogP contribution in [0.5, 0.6) is 0 Å². The highest BCUT2D eigenvalue weighted by Gasteiger charge is 2.80. The summed E-state index contributed by atoms with van der Waals surface area (Å²) in [5.41, 5.74) is 1.90. The second-order valence-corrected chi connectivity index (χ2v) is 10.6. The molecule has 2 amide bonds. The Morgan fingerprint density at radius 3 is 1.94 bits per heavy atom. The molecule has 0 aromatic heterocycles.